The number of nitrogens with zero attached hydrogens (tertiary/aromatic N) is 4. The molecule has 0 fully saturated rings. The number of hydrogen-bond acceptors (Lipinski definition) is 5. The molecule has 8 heteroatoms. The zero-order valence-electron chi connectivity index (χ0n) is 12.1. The smallest absolute Gasteiger partial charge is 0.197 e. The number of aromatic nitrogens is 5. The Labute approximate surface area is 139 Å². The van der Waals surface area contributed by atoms with Crippen molar-refractivity contribution in [3.63, 3.8) is 0 Å². The molecular formula is C14H19ClN6S. The van der Waals surface area contributed by atoms with Crippen LogP contribution in [0.15, 0.2) is 29.2 Å². The molecule has 0 aromatic carbocycles. The molecule has 3 N–H and O–H groups in total. The Balaban J connectivity index is 0.00000176. The van der Waals surface area contributed by atoms with Crippen molar-refractivity contribution in [2.75, 3.05) is 5.73 Å². The van der Waals surface area contributed by atoms with E-state index in [1.165, 1.54) is 5.56 Å². The standard InChI is InChI=1S/C14H18N6S.ClH/c15-14-16-8-12(17-14)2-1-3-13-9-20(19-18-13)6-4-11-5-7-21-10-11;/h5,7-10H,1-4,6H2,(H3,15,16,17);1H. The Bertz CT molecular complexity index is 675. The normalized spacial score (nSPS) is 10.5. The van der Waals surface area contributed by atoms with E-state index in [9.17, 15) is 0 Å². The second-order valence-electron chi connectivity index (χ2n) is 5.00. The summed E-state index contributed by atoms with van der Waals surface area (Å²) in [7, 11) is 0. The summed E-state index contributed by atoms with van der Waals surface area (Å²) in [5, 5.41) is 12.7. The van der Waals surface area contributed by atoms with Crippen LogP contribution >= 0.6 is 23.7 Å². The molecule has 3 heterocycles. The molecule has 0 aliphatic rings. The van der Waals surface area contributed by atoms with E-state index in [0.29, 0.717) is 5.95 Å². The highest BCUT2D eigenvalue weighted by Gasteiger charge is 2.03. The molecular weight excluding hydrogens is 320 g/mol. The summed E-state index contributed by atoms with van der Waals surface area (Å²) in [6.07, 6.45) is 7.66. The van der Waals surface area contributed by atoms with Crippen LogP contribution in [0.4, 0.5) is 5.95 Å². The number of anilines is 1. The zero-order chi connectivity index (χ0) is 14.5. The average molecular weight is 339 g/mol. The maximum Gasteiger partial charge on any atom is 0.197 e. The Morgan fingerprint density at radius 1 is 1.27 bits per heavy atom. The van der Waals surface area contributed by atoms with Gasteiger partial charge >= 0.3 is 0 Å². The number of aromatic amines is 1. The number of nitrogen functional groups attached to an aromatic ring is 1. The van der Waals surface area contributed by atoms with Crippen LogP contribution in [0.1, 0.15) is 23.4 Å². The number of H-pyrrole nitrogens is 1. The maximum atomic E-state index is 5.55. The first-order valence-corrected chi connectivity index (χ1v) is 7.93. The minimum absolute atomic E-state index is 0. The van der Waals surface area contributed by atoms with Crippen molar-refractivity contribution in [1.29, 1.82) is 0 Å². The lowest BCUT2D eigenvalue weighted by atomic mass is 10.2. The third-order valence-electron chi connectivity index (χ3n) is 3.32. The number of aryl methyl sites for hydroxylation is 4. The van der Waals surface area contributed by atoms with Crippen LogP contribution in [0.2, 0.25) is 0 Å². The summed E-state index contributed by atoms with van der Waals surface area (Å²) >= 11 is 1.73. The maximum absolute atomic E-state index is 5.55. The van der Waals surface area contributed by atoms with Gasteiger partial charge in [0.2, 0.25) is 0 Å². The molecule has 0 unspecified atom stereocenters. The second-order valence-corrected chi connectivity index (χ2v) is 5.78. The Morgan fingerprint density at radius 3 is 2.91 bits per heavy atom. The summed E-state index contributed by atoms with van der Waals surface area (Å²) in [6.45, 7) is 0.876. The van der Waals surface area contributed by atoms with Crippen LogP contribution in [0, 0.1) is 0 Å². The number of thiophene rings is 1. The fourth-order valence-electron chi connectivity index (χ4n) is 2.20. The van der Waals surface area contributed by atoms with Crippen LogP contribution in [0.25, 0.3) is 0 Å². The summed E-state index contributed by atoms with van der Waals surface area (Å²) in [6, 6.07) is 2.15. The predicted octanol–water partition coefficient (Wildman–Crippen LogP) is 2.48. The largest absolute Gasteiger partial charge is 0.369 e. The molecule has 0 aliphatic heterocycles. The van der Waals surface area contributed by atoms with Crippen molar-refractivity contribution in [2.45, 2.75) is 32.2 Å². The van der Waals surface area contributed by atoms with E-state index in [4.69, 9.17) is 5.73 Å². The first-order chi connectivity index (χ1) is 10.3. The Hall–Kier alpha value is -1.86. The molecule has 3 aromatic rings. The first kappa shape index (κ1) is 16.5. The van der Waals surface area contributed by atoms with Gasteiger partial charge < -0.3 is 10.7 Å². The number of nitrogens with two attached hydrogens (primary N) is 1. The quantitative estimate of drug-likeness (QED) is 0.693. The van der Waals surface area contributed by atoms with Gasteiger partial charge in [-0.15, -0.1) is 17.5 Å². The molecule has 0 radical (unpaired) electrons. The number of hydrogen-bond donors (Lipinski definition) is 2. The average Bonchev–Trinajstić information content (AvgIpc) is 3.19. The van der Waals surface area contributed by atoms with Gasteiger partial charge in [0.05, 0.1) is 11.9 Å². The van der Waals surface area contributed by atoms with E-state index in [1.807, 2.05) is 10.9 Å². The number of rotatable bonds is 7. The monoisotopic (exact) mass is 338 g/mol. The highest BCUT2D eigenvalue weighted by molar-refractivity contribution is 7.07. The van der Waals surface area contributed by atoms with Crippen molar-refractivity contribution in [2.24, 2.45) is 0 Å². The van der Waals surface area contributed by atoms with E-state index < -0.39 is 0 Å². The van der Waals surface area contributed by atoms with Crippen molar-refractivity contribution >= 4 is 29.7 Å². The molecule has 0 spiro atoms. The lowest BCUT2D eigenvalue weighted by Crippen LogP contribution is -2.01. The van der Waals surface area contributed by atoms with Gasteiger partial charge in [-0.2, -0.15) is 11.3 Å². The Kier molecular flexibility index (Phi) is 5.97. The third-order valence-corrected chi connectivity index (χ3v) is 4.05. The lowest BCUT2D eigenvalue weighted by molar-refractivity contribution is 0.589. The highest BCUT2D eigenvalue weighted by Crippen LogP contribution is 2.08. The van der Waals surface area contributed by atoms with Crippen LogP contribution in [-0.2, 0) is 25.8 Å². The van der Waals surface area contributed by atoms with Gasteiger partial charge in [-0.3, -0.25) is 4.68 Å². The number of imidazole rings is 1. The van der Waals surface area contributed by atoms with Crippen LogP contribution < -0.4 is 5.73 Å². The van der Waals surface area contributed by atoms with Crippen molar-refractivity contribution < 1.29 is 0 Å². The van der Waals surface area contributed by atoms with E-state index in [-0.39, 0.29) is 12.4 Å². The van der Waals surface area contributed by atoms with Gasteiger partial charge in [0.15, 0.2) is 5.95 Å². The minimum Gasteiger partial charge on any atom is -0.369 e. The van der Waals surface area contributed by atoms with Gasteiger partial charge in [0.25, 0.3) is 0 Å². The van der Waals surface area contributed by atoms with E-state index in [1.54, 1.807) is 17.5 Å². The highest BCUT2D eigenvalue weighted by atomic mass is 35.5. The van der Waals surface area contributed by atoms with Crippen LogP contribution in [0.5, 0.6) is 0 Å². The van der Waals surface area contributed by atoms with Crippen LogP contribution in [-0.4, -0.2) is 25.0 Å². The fraction of sp³-hybridized carbons (Fsp3) is 0.357. The van der Waals surface area contributed by atoms with E-state index in [0.717, 1.165) is 43.6 Å². The van der Waals surface area contributed by atoms with Crippen molar-refractivity contribution in [3.8, 4) is 0 Å². The first-order valence-electron chi connectivity index (χ1n) is 6.99. The molecule has 6 nitrogen and oxygen atoms in total. The van der Waals surface area contributed by atoms with E-state index >= 15 is 0 Å². The van der Waals surface area contributed by atoms with Crippen LogP contribution in [0.3, 0.4) is 0 Å². The van der Waals surface area contributed by atoms with Gasteiger partial charge in [-0.25, -0.2) is 4.98 Å². The fourth-order valence-corrected chi connectivity index (χ4v) is 2.91. The topological polar surface area (TPSA) is 85.4 Å². The van der Waals surface area contributed by atoms with Crippen molar-refractivity contribution in [1.82, 2.24) is 25.0 Å². The summed E-state index contributed by atoms with van der Waals surface area (Å²) < 4.78 is 1.92. The minimum atomic E-state index is 0. The molecule has 3 aromatic heterocycles. The number of halogens is 1. The molecule has 0 saturated heterocycles. The third kappa shape index (κ3) is 4.57. The van der Waals surface area contributed by atoms with Crippen molar-refractivity contribution in [3.05, 3.63) is 46.2 Å². The molecule has 0 amide bonds. The van der Waals surface area contributed by atoms with Gasteiger partial charge in [-0.05, 0) is 48.1 Å². The van der Waals surface area contributed by atoms with E-state index in [2.05, 4.69) is 37.1 Å². The second kappa shape index (κ2) is 7.95. The predicted molar refractivity (Wildman–Crippen MR) is 90.3 cm³/mol. The SMILES string of the molecule is Cl.Nc1ncc(CCCc2cn(CCc3ccsc3)nn2)[nH]1. The molecule has 0 bridgehead atoms. The summed E-state index contributed by atoms with van der Waals surface area (Å²) in [5.74, 6) is 0.476. The lowest BCUT2D eigenvalue weighted by Gasteiger charge is -1.98. The van der Waals surface area contributed by atoms with Gasteiger partial charge in [0, 0.05) is 18.4 Å². The molecule has 3 rings (SSSR count). The molecule has 0 atom stereocenters. The zero-order valence-corrected chi connectivity index (χ0v) is 13.7. The van der Waals surface area contributed by atoms with Gasteiger partial charge in [-0.1, -0.05) is 5.21 Å². The van der Waals surface area contributed by atoms with Gasteiger partial charge in [0.1, 0.15) is 0 Å². The number of nitrogens with one attached hydrogen (secondary N) is 1. The molecule has 0 saturated carbocycles. The summed E-state index contributed by atoms with van der Waals surface area (Å²) in [4.78, 5) is 7.02. The molecule has 0 aliphatic carbocycles. The summed E-state index contributed by atoms with van der Waals surface area (Å²) in [5.41, 5.74) is 9.00. The molecule has 22 heavy (non-hydrogen) atoms. The Morgan fingerprint density at radius 2 is 2.18 bits per heavy atom. The molecule has 118 valence electrons.